The van der Waals surface area contributed by atoms with Gasteiger partial charge in [0.15, 0.2) is 0 Å². The molecule has 5 heteroatoms. The second-order valence-electron chi connectivity index (χ2n) is 6.65. The Balaban J connectivity index is 2.53. The summed E-state index contributed by atoms with van der Waals surface area (Å²) >= 11 is 0. The fraction of sp³-hybridized carbons (Fsp3) is 0.929. The monoisotopic (exact) mass is 272 g/mol. The van der Waals surface area contributed by atoms with Crippen molar-refractivity contribution >= 4 is 6.09 Å². The normalized spacial score (nSPS) is 24.1. The van der Waals surface area contributed by atoms with Gasteiger partial charge in [0.2, 0.25) is 0 Å². The molecule has 0 unspecified atom stereocenters. The van der Waals surface area contributed by atoms with Gasteiger partial charge in [-0.2, -0.15) is 0 Å². The van der Waals surface area contributed by atoms with E-state index >= 15 is 0 Å². The summed E-state index contributed by atoms with van der Waals surface area (Å²) in [7, 11) is 0. The van der Waals surface area contributed by atoms with E-state index in [-0.39, 0.29) is 18.6 Å². The van der Waals surface area contributed by atoms with Gasteiger partial charge in [-0.1, -0.05) is 13.8 Å². The van der Waals surface area contributed by atoms with E-state index in [4.69, 9.17) is 4.74 Å². The number of amides is 1. The molecule has 1 aliphatic heterocycles. The third kappa shape index (κ3) is 5.37. The molecule has 1 amide bonds. The second kappa shape index (κ2) is 6.57. The molecule has 1 fully saturated rings. The molecule has 0 aliphatic carbocycles. The standard InChI is InChI=1S/C14H28N2O3/c1-10(2)15-6-11-7-16(8-12(11)9-17)13(18)19-14(3,4)5/h10-12,15,17H,6-9H2,1-5H3/t11-,12-/m1/s1. The van der Waals surface area contributed by atoms with E-state index in [2.05, 4.69) is 19.2 Å². The lowest BCUT2D eigenvalue weighted by molar-refractivity contribution is 0.0281. The largest absolute Gasteiger partial charge is 0.444 e. The summed E-state index contributed by atoms with van der Waals surface area (Å²) in [6, 6.07) is 0.412. The number of rotatable bonds is 4. The molecular formula is C14H28N2O3. The molecule has 112 valence electrons. The highest BCUT2D eigenvalue weighted by Crippen LogP contribution is 2.24. The molecule has 0 saturated carbocycles. The zero-order chi connectivity index (χ0) is 14.6. The summed E-state index contributed by atoms with van der Waals surface area (Å²) in [5.41, 5.74) is -0.472. The lowest BCUT2D eigenvalue weighted by Crippen LogP contribution is -2.36. The molecule has 2 atom stereocenters. The zero-order valence-corrected chi connectivity index (χ0v) is 12.8. The minimum atomic E-state index is -0.472. The SMILES string of the molecule is CC(C)NC[C@@H]1CN(C(=O)OC(C)(C)C)C[C@@H]1CO. The van der Waals surface area contributed by atoms with E-state index in [1.54, 1.807) is 4.90 Å². The van der Waals surface area contributed by atoms with Crippen molar-refractivity contribution in [2.24, 2.45) is 11.8 Å². The van der Waals surface area contributed by atoms with Gasteiger partial charge in [-0.25, -0.2) is 4.79 Å². The zero-order valence-electron chi connectivity index (χ0n) is 12.8. The molecule has 0 spiro atoms. The molecule has 0 radical (unpaired) electrons. The van der Waals surface area contributed by atoms with Gasteiger partial charge in [-0.05, 0) is 26.7 Å². The Labute approximate surface area is 116 Å². The van der Waals surface area contributed by atoms with E-state index in [1.165, 1.54) is 0 Å². The topological polar surface area (TPSA) is 61.8 Å². The van der Waals surface area contributed by atoms with Crippen molar-refractivity contribution in [1.82, 2.24) is 10.2 Å². The number of hydrogen-bond acceptors (Lipinski definition) is 4. The van der Waals surface area contributed by atoms with Crippen LogP contribution in [0.3, 0.4) is 0 Å². The van der Waals surface area contributed by atoms with Gasteiger partial charge in [0.05, 0.1) is 0 Å². The van der Waals surface area contributed by atoms with Crippen molar-refractivity contribution in [3.8, 4) is 0 Å². The smallest absolute Gasteiger partial charge is 0.410 e. The Morgan fingerprint density at radius 1 is 1.37 bits per heavy atom. The third-order valence-corrected chi connectivity index (χ3v) is 3.25. The van der Waals surface area contributed by atoms with E-state index in [0.717, 1.165) is 6.54 Å². The van der Waals surface area contributed by atoms with E-state index in [0.29, 0.717) is 25.0 Å². The maximum absolute atomic E-state index is 12.0. The molecule has 0 bridgehead atoms. The molecule has 0 aromatic carbocycles. The van der Waals surface area contributed by atoms with Gasteiger partial charge >= 0.3 is 6.09 Å². The molecule has 2 N–H and O–H groups in total. The summed E-state index contributed by atoms with van der Waals surface area (Å²) < 4.78 is 5.37. The predicted molar refractivity (Wildman–Crippen MR) is 75.0 cm³/mol. The number of nitrogens with zero attached hydrogens (tertiary/aromatic N) is 1. The van der Waals surface area contributed by atoms with Crippen LogP contribution in [0.2, 0.25) is 0 Å². The first kappa shape index (κ1) is 16.2. The van der Waals surface area contributed by atoms with Crippen molar-refractivity contribution in [3.05, 3.63) is 0 Å². The van der Waals surface area contributed by atoms with Crippen LogP contribution in [0.1, 0.15) is 34.6 Å². The van der Waals surface area contributed by atoms with Gasteiger partial charge in [0.25, 0.3) is 0 Å². The highest BCUT2D eigenvalue weighted by molar-refractivity contribution is 5.68. The lowest BCUT2D eigenvalue weighted by Gasteiger charge is -2.24. The van der Waals surface area contributed by atoms with Crippen LogP contribution in [0.5, 0.6) is 0 Å². The van der Waals surface area contributed by atoms with Crippen LogP contribution in [0.4, 0.5) is 4.79 Å². The molecule has 5 nitrogen and oxygen atoms in total. The number of carbonyl (C=O) groups excluding carboxylic acids is 1. The average molecular weight is 272 g/mol. The summed E-state index contributed by atoms with van der Waals surface area (Å²) in [6.45, 7) is 11.9. The van der Waals surface area contributed by atoms with Crippen LogP contribution in [0.25, 0.3) is 0 Å². The first-order valence-corrected chi connectivity index (χ1v) is 7.05. The quantitative estimate of drug-likeness (QED) is 0.813. The Morgan fingerprint density at radius 2 is 1.95 bits per heavy atom. The van der Waals surface area contributed by atoms with Gasteiger partial charge in [0, 0.05) is 38.2 Å². The fourth-order valence-corrected chi connectivity index (χ4v) is 2.24. The van der Waals surface area contributed by atoms with Crippen molar-refractivity contribution < 1.29 is 14.6 Å². The minimum Gasteiger partial charge on any atom is -0.444 e. The van der Waals surface area contributed by atoms with Gasteiger partial charge in [-0.3, -0.25) is 0 Å². The molecule has 1 aliphatic rings. The van der Waals surface area contributed by atoms with Crippen molar-refractivity contribution in [1.29, 1.82) is 0 Å². The average Bonchev–Trinajstić information content (AvgIpc) is 2.67. The second-order valence-corrected chi connectivity index (χ2v) is 6.65. The Morgan fingerprint density at radius 3 is 2.42 bits per heavy atom. The van der Waals surface area contributed by atoms with Crippen molar-refractivity contribution in [2.75, 3.05) is 26.2 Å². The Kier molecular flexibility index (Phi) is 5.62. The Hall–Kier alpha value is -0.810. The Bertz CT molecular complexity index is 300. The van der Waals surface area contributed by atoms with E-state index < -0.39 is 5.60 Å². The summed E-state index contributed by atoms with van der Waals surface area (Å²) in [5, 5.41) is 12.8. The molecule has 19 heavy (non-hydrogen) atoms. The van der Waals surface area contributed by atoms with Crippen LogP contribution in [-0.4, -0.2) is 54.0 Å². The molecular weight excluding hydrogens is 244 g/mol. The first-order valence-electron chi connectivity index (χ1n) is 7.05. The number of carbonyl (C=O) groups is 1. The molecule has 1 saturated heterocycles. The number of nitrogens with one attached hydrogen (secondary N) is 1. The molecule has 0 aromatic rings. The van der Waals surface area contributed by atoms with Gasteiger partial charge in [0.1, 0.15) is 5.60 Å². The van der Waals surface area contributed by atoms with E-state index in [1.807, 2.05) is 20.8 Å². The summed E-state index contributed by atoms with van der Waals surface area (Å²) in [6.07, 6.45) is -0.280. The number of hydrogen-bond donors (Lipinski definition) is 2. The number of aliphatic hydroxyl groups is 1. The number of likely N-dealkylation sites (tertiary alicyclic amines) is 1. The lowest BCUT2D eigenvalue weighted by atomic mass is 9.97. The molecule has 0 aromatic heterocycles. The molecule has 1 heterocycles. The highest BCUT2D eigenvalue weighted by atomic mass is 16.6. The molecule has 1 rings (SSSR count). The maximum Gasteiger partial charge on any atom is 0.410 e. The number of aliphatic hydroxyl groups excluding tert-OH is 1. The fourth-order valence-electron chi connectivity index (χ4n) is 2.24. The predicted octanol–water partition coefficient (Wildman–Crippen LogP) is 1.46. The first-order chi connectivity index (χ1) is 8.73. The van der Waals surface area contributed by atoms with Crippen LogP contribution < -0.4 is 5.32 Å². The maximum atomic E-state index is 12.0. The van der Waals surface area contributed by atoms with Gasteiger partial charge in [-0.15, -0.1) is 0 Å². The summed E-state index contributed by atoms with van der Waals surface area (Å²) in [4.78, 5) is 13.7. The minimum absolute atomic E-state index is 0.115. The van der Waals surface area contributed by atoms with Crippen LogP contribution in [-0.2, 0) is 4.74 Å². The van der Waals surface area contributed by atoms with Crippen LogP contribution >= 0.6 is 0 Å². The van der Waals surface area contributed by atoms with Crippen LogP contribution in [0, 0.1) is 11.8 Å². The van der Waals surface area contributed by atoms with Crippen molar-refractivity contribution in [2.45, 2.75) is 46.3 Å². The van der Waals surface area contributed by atoms with Gasteiger partial charge < -0.3 is 20.1 Å². The van der Waals surface area contributed by atoms with E-state index in [9.17, 15) is 9.90 Å². The van der Waals surface area contributed by atoms with Crippen LogP contribution in [0.15, 0.2) is 0 Å². The third-order valence-electron chi connectivity index (χ3n) is 3.25. The summed E-state index contributed by atoms with van der Waals surface area (Å²) in [5.74, 6) is 0.429. The highest BCUT2D eigenvalue weighted by Gasteiger charge is 2.36. The number of ether oxygens (including phenoxy) is 1. The van der Waals surface area contributed by atoms with Crippen molar-refractivity contribution in [3.63, 3.8) is 0 Å².